The highest BCUT2D eigenvalue weighted by atomic mass is 16.5. The Hall–Kier alpha value is -1.39. The van der Waals surface area contributed by atoms with Gasteiger partial charge in [-0.2, -0.15) is 0 Å². The molecule has 120 valence electrons. The van der Waals surface area contributed by atoms with Crippen LogP contribution in [0.25, 0.3) is 0 Å². The van der Waals surface area contributed by atoms with E-state index in [1.807, 2.05) is 24.3 Å². The molecule has 2 aliphatic heterocycles. The molecule has 0 saturated carbocycles. The fourth-order valence-electron chi connectivity index (χ4n) is 3.74. The monoisotopic (exact) mass is 302 g/mol. The molecule has 0 aromatic heterocycles. The van der Waals surface area contributed by atoms with Crippen molar-refractivity contribution in [2.45, 2.75) is 50.8 Å². The molecular formula is C18H26N2O2. The predicted octanol–water partition coefficient (Wildman–Crippen LogP) is 2.58. The molecule has 2 saturated heterocycles. The van der Waals surface area contributed by atoms with E-state index in [2.05, 4.69) is 10.2 Å². The van der Waals surface area contributed by atoms with E-state index in [0.717, 1.165) is 37.1 Å². The molecule has 1 aromatic carbocycles. The molecule has 1 N–H and O–H groups in total. The van der Waals surface area contributed by atoms with Crippen molar-refractivity contribution in [2.24, 2.45) is 0 Å². The lowest BCUT2D eigenvalue weighted by molar-refractivity contribution is 0.0640. The fourth-order valence-corrected chi connectivity index (χ4v) is 3.74. The molecule has 0 unspecified atom stereocenters. The lowest BCUT2D eigenvalue weighted by Crippen LogP contribution is -2.48. The molecule has 0 spiro atoms. The second-order valence-electron chi connectivity index (χ2n) is 6.39. The first-order valence-corrected chi connectivity index (χ1v) is 8.42. The number of nitrogens with zero attached hydrogens (tertiary/aromatic N) is 1. The number of carbonyl (C=O) groups is 1. The molecule has 4 nitrogen and oxygen atoms in total. The first kappa shape index (κ1) is 15.5. The minimum absolute atomic E-state index is 0.185. The van der Waals surface area contributed by atoms with E-state index in [1.54, 1.807) is 7.11 Å². The van der Waals surface area contributed by atoms with Crippen molar-refractivity contribution in [3.63, 3.8) is 0 Å². The maximum Gasteiger partial charge on any atom is 0.254 e. The smallest absolute Gasteiger partial charge is 0.254 e. The molecule has 1 aromatic rings. The predicted molar refractivity (Wildman–Crippen MR) is 86.9 cm³/mol. The number of fused-ring (bicyclic) bond motifs is 1. The number of carbonyl (C=O) groups excluding carboxylic acids is 1. The van der Waals surface area contributed by atoms with Crippen LogP contribution in [0.1, 0.15) is 48.0 Å². The van der Waals surface area contributed by atoms with Gasteiger partial charge in [-0.05, 0) is 43.5 Å². The van der Waals surface area contributed by atoms with Gasteiger partial charge < -0.3 is 15.0 Å². The van der Waals surface area contributed by atoms with Gasteiger partial charge in [0.05, 0.1) is 6.61 Å². The van der Waals surface area contributed by atoms with Crippen LogP contribution in [0.3, 0.4) is 0 Å². The molecule has 0 radical (unpaired) electrons. The number of benzene rings is 1. The summed E-state index contributed by atoms with van der Waals surface area (Å²) in [6, 6.07) is 8.71. The Kier molecular flexibility index (Phi) is 5.11. The van der Waals surface area contributed by atoms with E-state index in [1.165, 1.54) is 19.3 Å². The van der Waals surface area contributed by atoms with Crippen LogP contribution in [-0.2, 0) is 11.3 Å². The maximum atomic E-state index is 12.9. The Balaban J connectivity index is 1.76. The number of hydrogen-bond donors (Lipinski definition) is 1. The molecule has 0 bridgehead atoms. The summed E-state index contributed by atoms with van der Waals surface area (Å²) in [6.45, 7) is 2.51. The number of hydrogen-bond acceptors (Lipinski definition) is 3. The summed E-state index contributed by atoms with van der Waals surface area (Å²) >= 11 is 0. The molecular weight excluding hydrogens is 276 g/mol. The summed E-state index contributed by atoms with van der Waals surface area (Å²) in [5, 5.41) is 3.58. The molecule has 4 heteroatoms. The molecule has 0 aliphatic carbocycles. The summed E-state index contributed by atoms with van der Waals surface area (Å²) in [7, 11) is 1.69. The van der Waals surface area contributed by atoms with E-state index >= 15 is 0 Å². The molecule has 2 heterocycles. The van der Waals surface area contributed by atoms with Gasteiger partial charge in [0.1, 0.15) is 0 Å². The summed E-state index contributed by atoms with van der Waals surface area (Å²) in [4.78, 5) is 15.1. The fraction of sp³-hybridized carbons (Fsp3) is 0.611. The van der Waals surface area contributed by atoms with Crippen molar-refractivity contribution in [1.82, 2.24) is 10.2 Å². The van der Waals surface area contributed by atoms with E-state index in [4.69, 9.17) is 4.74 Å². The topological polar surface area (TPSA) is 41.6 Å². The highest BCUT2D eigenvalue weighted by Gasteiger charge is 2.35. The standard InChI is InChI=1S/C18H26N2O2/c1-22-13-14-6-8-15(9-7-14)18(21)20-12-4-2-3-5-16-17(20)10-11-19-16/h6-9,16-17,19H,2-5,10-13H2,1H3/t16-,17+/m1/s1. The van der Waals surface area contributed by atoms with Crippen molar-refractivity contribution in [3.8, 4) is 0 Å². The van der Waals surface area contributed by atoms with Gasteiger partial charge in [-0.1, -0.05) is 25.0 Å². The number of rotatable bonds is 3. The van der Waals surface area contributed by atoms with Crippen LogP contribution in [-0.4, -0.2) is 43.1 Å². The van der Waals surface area contributed by atoms with Crippen molar-refractivity contribution in [2.75, 3.05) is 20.2 Å². The van der Waals surface area contributed by atoms with E-state index in [-0.39, 0.29) is 5.91 Å². The largest absolute Gasteiger partial charge is 0.380 e. The van der Waals surface area contributed by atoms with Crippen LogP contribution in [0.4, 0.5) is 0 Å². The van der Waals surface area contributed by atoms with Crippen molar-refractivity contribution >= 4 is 5.91 Å². The van der Waals surface area contributed by atoms with Gasteiger partial charge in [0.15, 0.2) is 0 Å². The average molecular weight is 302 g/mol. The van der Waals surface area contributed by atoms with E-state index in [0.29, 0.717) is 18.7 Å². The van der Waals surface area contributed by atoms with Crippen LogP contribution in [0.2, 0.25) is 0 Å². The van der Waals surface area contributed by atoms with Gasteiger partial charge in [-0.3, -0.25) is 4.79 Å². The van der Waals surface area contributed by atoms with Crippen molar-refractivity contribution < 1.29 is 9.53 Å². The van der Waals surface area contributed by atoms with Gasteiger partial charge >= 0.3 is 0 Å². The Morgan fingerprint density at radius 1 is 1.23 bits per heavy atom. The zero-order valence-corrected chi connectivity index (χ0v) is 13.4. The number of nitrogens with one attached hydrogen (secondary N) is 1. The minimum atomic E-state index is 0.185. The summed E-state index contributed by atoms with van der Waals surface area (Å²) in [5.41, 5.74) is 1.90. The van der Waals surface area contributed by atoms with Crippen LogP contribution >= 0.6 is 0 Å². The lowest BCUT2D eigenvalue weighted by atomic mass is 9.97. The molecule has 22 heavy (non-hydrogen) atoms. The first-order valence-electron chi connectivity index (χ1n) is 8.42. The van der Waals surface area contributed by atoms with Crippen LogP contribution in [0, 0.1) is 0 Å². The summed E-state index contributed by atoms with van der Waals surface area (Å²) < 4.78 is 5.13. The van der Waals surface area contributed by atoms with Crippen LogP contribution in [0.5, 0.6) is 0 Å². The highest BCUT2D eigenvalue weighted by molar-refractivity contribution is 5.94. The Morgan fingerprint density at radius 2 is 2.05 bits per heavy atom. The Bertz CT molecular complexity index is 500. The lowest BCUT2D eigenvalue weighted by Gasteiger charge is -2.35. The number of methoxy groups -OCH3 is 1. The number of likely N-dealkylation sites (tertiary alicyclic amines) is 1. The number of ether oxygens (including phenoxy) is 1. The number of amides is 1. The zero-order valence-electron chi connectivity index (χ0n) is 13.4. The minimum Gasteiger partial charge on any atom is -0.380 e. The van der Waals surface area contributed by atoms with Gasteiger partial charge in [0.2, 0.25) is 0 Å². The third-order valence-electron chi connectivity index (χ3n) is 4.90. The van der Waals surface area contributed by atoms with Gasteiger partial charge in [-0.25, -0.2) is 0 Å². The van der Waals surface area contributed by atoms with Crippen molar-refractivity contribution in [3.05, 3.63) is 35.4 Å². The normalized spacial score (nSPS) is 25.4. The third-order valence-corrected chi connectivity index (χ3v) is 4.90. The molecule has 1 amide bonds. The van der Waals surface area contributed by atoms with Crippen molar-refractivity contribution in [1.29, 1.82) is 0 Å². The molecule has 2 atom stereocenters. The van der Waals surface area contributed by atoms with E-state index in [9.17, 15) is 4.79 Å². The zero-order chi connectivity index (χ0) is 15.4. The second kappa shape index (κ2) is 7.25. The summed E-state index contributed by atoms with van der Waals surface area (Å²) in [6.07, 6.45) is 5.90. The average Bonchev–Trinajstić information content (AvgIpc) is 2.96. The first-order chi connectivity index (χ1) is 10.8. The van der Waals surface area contributed by atoms with E-state index < -0.39 is 0 Å². The Morgan fingerprint density at radius 3 is 2.82 bits per heavy atom. The molecule has 2 aliphatic rings. The SMILES string of the molecule is COCc1ccc(C(=O)N2CCCCC[C@H]3NCC[C@@H]32)cc1. The second-order valence-corrected chi connectivity index (χ2v) is 6.39. The van der Waals surface area contributed by atoms with Crippen LogP contribution in [0.15, 0.2) is 24.3 Å². The van der Waals surface area contributed by atoms with Crippen LogP contribution < -0.4 is 5.32 Å². The summed E-state index contributed by atoms with van der Waals surface area (Å²) in [5.74, 6) is 0.185. The molecule has 2 fully saturated rings. The quantitative estimate of drug-likeness (QED) is 0.933. The Labute approximate surface area is 132 Å². The maximum absolute atomic E-state index is 12.9. The van der Waals surface area contributed by atoms with Gasteiger partial charge in [-0.15, -0.1) is 0 Å². The van der Waals surface area contributed by atoms with Gasteiger partial charge in [0.25, 0.3) is 5.91 Å². The van der Waals surface area contributed by atoms with Gasteiger partial charge in [0, 0.05) is 31.3 Å². The highest BCUT2D eigenvalue weighted by Crippen LogP contribution is 2.25. The molecule has 3 rings (SSSR count). The third kappa shape index (κ3) is 3.33.